The van der Waals surface area contributed by atoms with Gasteiger partial charge in [-0.1, -0.05) is 103 Å². The van der Waals surface area contributed by atoms with Gasteiger partial charge in [0.1, 0.15) is 5.75 Å². The molecule has 3 heterocycles. The number of rotatable bonds is 11. The molecule has 4 atom stereocenters. The molecule has 1 N–H and O–H groups in total. The second kappa shape index (κ2) is 17.8. The molecule has 8 rings (SSSR count). The number of hydrogen-bond donors (Lipinski definition) is 1. The predicted octanol–water partition coefficient (Wildman–Crippen LogP) is 11.0. The molecule has 0 radical (unpaired) electrons. The summed E-state index contributed by atoms with van der Waals surface area (Å²) >= 11 is 3.48. The number of benzene rings is 4. The molecule has 4 aromatic carbocycles. The van der Waals surface area contributed by atoms with Crippen molar-refractivity contribution < 1.29 is 50.2 Å². The average Bonchev–Trinajstić information content (AvgIpc) is 3.80. The van der Waals surface area contributed by atoms with Gasteiger partial charge in [-0.25, -0.2) is 4.90 Å². The van der Waals surface area contributed by atoms with Gasteiger partial charge >= 0.3 is 12.4 Å². The number of fused-ring (bicyclic) bond motifs is 3. The van der Waals surface area contributed by atoms with Gasteiger partial charge in [0.2, 0.25) is 11.8 Å². The fourth-order valence-electron chi connectivity index (χ4n) is 9.83. The van der Waals surface area contributed by atoms with E-state index in [-0.39, 0.29) is 31.5 Å². The number of carbonyl (C=O) groups is 2. The first-order valence-electron chi connectivity index (χ1n) is 21.1. The zero-order valence-corrected chi connectivity index (χ0v) is 38.2. The summed E-state index contributed by atoms with van der Waals surface area (Å²) in [7, 11) is -3.21. The van der Waals surface area contributed by atoms with Gasteiger partial charge in [0.05, 0.1) is 53.7 Å². The van der Waals surface area contributed by atoms with Gasteiger partial charge in [0.15, 0.2) is 0 Å². The number of imide groups is 1. The Labute approximate surface area is 382 Å². The van der Waals surface area contributed by atoms with Crippen molar-refractivity contribution in [2.24, 2.45) is 17.8 Å². The van der Waals surface area contributed by atoms with Crippen molar-refractivity contribution in [2.45, 2.75) is 63.5 Å². The minimum absolute atomic E-state index is 0.0142. The number of aromatic hydroxyl groups is 1. The molecule has 0 spiro atoms. The van der Waals surface area contributed by atoms with Crippen LogP contribution < -0.4 is 15.3 Å². The maximum absolute atomic E-state index is 14.6. The molecule has 7 nitrogen and oxygen atoms in total. The summed E-state index contributed by atoms with van der Waals surface area (Å²) in [5.74, 6) is -4.67. The summed E-state index contributed by atoms with van der Waals surface area (Å²) in [5, 5.41) is 12.3. The van der Waals surface area contributed by atoms with E-state index >= 15 is 0 Å². The quantitative estimate of drug-likeness (QED) is 0.0614. The third kappa shape index (κ3) is 8.99. The number of aromatic nitrogens is 1. The number of phenolic OH excluding ortho intramolecular Hbond substituents is 1. The lowest BCUT2D eigenvalue weighted by atomic mass is 9.69. The lowest BCUT2D eigenvalue weighted by Gasteiger charge is -2.44. The van der Waals surface area contributed by atoms with Crippen LogP contribution in [0.3, 0.4) is 0 Å². The summed E-state index contributed by atoms with van der Waals surface area (Å²) in [6.45, 7) is 6.35. The molecule has 0 saturated carbocycles. The highest BCUT2D eigenvalue weighted by atomic mass is 79.9. The highest BCUT2D eigenvalue weighted by Gasteiger charge is 2.58. The van der Waals surface area contributed by atoms with E-state index in [1.54, 1.807) is 30.5 Å². The minimum atomic E-state index is -5.19. The summed E-state index contributed by atoms with van der Waals surface area (Å²) in [6.07, 6.45) is -6.80. The molecule has 0 unspecified atom stereocenters. The molecule has 2 amide bonds. The zero-order valence-electron chi connectivity index (χ0n) is 35.6. The van der Waals surface area contributed by atoms with Crippen LogP contribution >= 0.6 is 15.9 Å². The van der Waals surface area contributed by atoms with Crippen LogP contribution in [0.4, 0.5) is 32.0 Å². The van der Waals surface area contributed by atoms with Gasteiger partial charge < -0.3 is 14.3 Å². The van der Waals surface area contributed by atoms with E-state index < -0.39 is 78.2 Å². The van der Waals surface area contributed by atoms with Crippen LogP contribution in [0.15, 0.2) is 137 Å². The van der Waals surface area contributed by atoms with E-state index in [0.29, 0.717) is 46.7 Å². The van der Waals surface area contributed by atoms with Crippen molar-refractivity contribution in [1.29, 1.82) is 0 Å². The Morgan fingerprint density at radius 3 is 2.02 bits per heavy atom. The molecular weight excluding hydrogens is 931 g/mol. The number of ether oxygens (including phenoxy) is 1. The molecule has 0 bridgehead atoms. The van der Waals surface area contributed by atoms with Gasteiger partial charge in [0, 0.05) is 22.2 Å². The van der Waals surface area contributed by atoms with E-state index in [2.05, 4.69) is 41.7 Å². The second-order valence-electron chi connectivity index (χ2n) is 17.7. The molecule has 2 saturated heterocycles. The number of nitrogens with zero attached hydrogens (tertiary/aromatic N) is 2. The largest absolute Gasteiger partial charge is 0.507 e. The predicted molar refractivity (Wildman–Crippen MR) is 242 cm³/mol. The van der Waals surface area contributed by atoms with Crippen molar-refractivity contribution in [3.63, 3.8) is 0 Å². The summed E-state index contributed by atoms with van der Waals surface area (Å²) < 4.78 is 99.2. The molecule has 65 heavy (non-hydrogen) atoms. The molecule has 15 heteroatoms. The molecule has 5 aromatic rings. The zero-order chi connectivity index (χ0) is 46.5. The van der Waals surface area contributed by atoms with Crippen LogP contribution in [0.5, 0.6) is 5.75 Å². The van der Waals surface area contributed by atoms with E-state index in [1.807, 2.05) is 78.9 Å². The number of alkyl halides is 6. The van der Waals surface area contributed by atoms with Crippen molar-refractivity contribution in [3.8, 4) is 5.75 Å². The van der Waals surface area contributed by atoms with Crippen LogP contribution in [0.1, 0.15) is 62.4 Å². The monoisotopic (exact) mass is 974 g/mol. The van der Waals surface area contributed by atoms with Crippen LogP contribution in [-0.2, 0) is 31.1 Å². The number of hydrogen-bond acceptors (Lipinski definition) is 6. The number of phenols is 1. The van der Waals surface area contributed by atoms with Crippen molar-refractivity contribution >= 4 is 63.8 Å². The third-order valence-corrected chi connectivity index (χ3v) is 18.2. The molecule has 3 aliphatic rings. The number of allylic oxidation sites excluding steroid dienone is 1. The van der Waals surface area contributed by atoms with E-state index in [9.17, 15) is 41.0 Å². The highest BCUT2D eigenvalue weighted by Crippen LogP contribution is 2.52. The van der Waals surface area contributed by atoms with Crippen molar-refractivity contribution in [3.05, 3.63) is 159 Å². The number of anilines is 1. The van der Waals surface area contributed by atoms with Gasteiger partial charge in [-0.15, -0.1) is 0 Å². The topological polar surface area (TPSA) is 89.0 Å². The van der Waals surface area contributed by atoms with Crippen LogP contribution in [0.2, 0.25) is 5.04 Å². The Hall–Kier alpha value is -5.35. The lowest BCUT2D eigenvalue weighted by Crippen LogP contribution is -2.66. The lowest BCUT2D eigenvalue weighted by molar-refractivity contribution is -0.143. The van der Waals surface area contributed by atoms with Crippen LogP contribution in [0, 0.1) is 17.8 Å². The Bertz CT molecular complexity index is 2580. The number of amides is 2. The summed E-state index contributed by atoms with van der Waals surface area (Å²) in [6, 6.07) is 31.2. The maximum atomic E-state index is 14.6. The normalized spacial score (nSPS) is 20.6. The first kappa shape index (κ1) is 46.2. The SMILES string of the molecule is CC(C)(C)[Si](OCC1=C2[C@@H](CC/C(=C/c3cc(Br)ccc3O)c3ccccn3)OC[C@@H]2[C@@H]2C(=O)N(c3cc(C(F)(F)F)cc(C(F)(F)F)c3)C(=O)[C@@H]2C1)(c1ccccc1)c1ccccc1. The maximum Gasteiger partial charge on any atom is 0.416 e. The molecule has 1 aromatic heterocycles. The first-order chi connectivity index (χ1) is 30.8. The highest BCUT2D eigenvalue weighted by molar-refractivity contribution is 9.10. The van der Waals surface area contributed by atoms with Gasteiger partial charge in [-0.3, -0.25) is 14.6 Å². The van der Waals surface area contributed by atoms with Gasteiger partial charge in [-0.05, 0) is 106 Å². The van der Waals surface area contributed by atoms with Gasteiger partial charge in [0.25, 0.3) is 8.32 Å². The van der Waals surface area contributed by atoms with Crippen molar-refractivity contribution in [1.82, 2.24) is 4.98 Å². The summed E-state index contributed by atoms with van der Waals surface area (Å²) in [4.78, 5) is 34.1. The Kier molecular flexibility index (Phi) is 12.6. The van der Waals surface area contributed by atoms with Crippen LogP contribution in [0.25, 0.3) is 11.6 Å². The van der Waals surface area contributed by atoms with E-state index in [1.165, 1.54) is 0 Å². The fourth-order valence-corrected chi connectivity index (χ4v) is 14.8. The number of halogens is 7. The third-order valence-electron chi connectivity index (χ3n) is 12.7. The van der Waals surface area contributed by atoms with E-state index in [0.717, 1.165) is 26.0 Å². The summed E-state index contributed by atoms with van der Waals surface area (Å²) in [5.41, 5.74) is -0.654. The van der Waals surface area contributed by atoms with Crippen LogP contribution in [-0.4, -0.2) is 49.5 Å². The number of pyridine rings is 1. The number of carbonyl (C=O) groups excluding carboxylic acids is 2. The Morgan fingerprint density at radius 1 is 0.831 bits per heavy atom. The molecular formula is C50H45BrF6N2O5Si. The molecule has 2 fully saturated rings. The molecule has 2 aliphatic heterocycles. The smallest absolute Gasteiger partial charge is 0.416 e. The van der Waals surface area contributed by atoms with E-state index in [4.69, 9.17) is 9.16 Å². The first-order valence-corrected chi connectivity index (χ1v) is 23.8. The Balaban J connectivity index is 1.22. The standard InChI is InChI=1S/C50H45BrF6N2O5Si/c1-48(2,3)65(37-12-6-4-7-13-37,38-14-8-5-9-15-38)64-28-32-24-39-45(47(62)59(46(39)61)36-26-33(49(52,53)54)25-34(27-36)50(55,56)57)40-29-63-43(44(32)40)20-17-30(41-16-10-11-21-58-41)22-31-23-35(51)18-19-42(31)60/h4-16,18-19,21-23,25-27,39-40,43,45,60H,17,20,24,28-29H2,1-3H3/b30-22-/t39-,40+,43-,45-/m1/s1. The van der Waals surface area contributed by atoms with Crippen molar-refractivity contribution in [2.75, 3.05) is 18.1 Å². The minimum Gasteiger partial charge on any atom is -0.507 e. The average molecular weight is 976 g/mol. The second-order valence-corrected chi connectivity index (χ2v) is 22.9. The molecule has 338 valence electrons. The fraction of sp³-hybridized carbons (Fsp3) is 0.300. The van der Waals surface area contributed by atoms with Gasteiger partial charge in [-0.2, -0.15) is 26.3 Å². The Morgan fingerprint density at radius 2 is 1.45 bits per heavy atom. The molecule has 1 aliphatic carbocycles.